The molecule has 0 spiro atoms. The molecule has 1 aliphatic rings. The first-order valence-electron chi connectivity index (χ1n) is 9.77. The minimum Gasteiger partial charge on any atom is -0.350 e. The van der Waals surface area contributed by atoms with Crippen molar-refractivity contribution in [3.63, 3.8) is 0 Å². The Kier molecular flexibility index (Phi) is 5.44. The number of carbonyl (C=O) groups excluding carboxylic acids is 2. The second-order valence-corrected chi connectivity index (χ2v) is 7.25. The van der Waals surface area contributed by atoms with E-state index in [9.17, 15) is 14.0 Å². The zero-order chi connectivity index (χ0) is 21.1. The van der Waals surface area contributed by atoms with Crippen molar-refractivity contribution >= 4 is 23.1 Å². The van der Waals surface area contributed by atoms with Crippen molar-refractivity contribution in [3.05, 3.63) is 107 Å². The van der Waals surface area contributed by atoms with Gasteiger partial charge >= 0.3 is 0 Å². The molecule has 0 radical (unpaired) electrons. The Hall–Kier alpha value is -3.73. The van der Waals surface area contributed by atoms with Crippen molar-refractivity contribution < 1.29 is 14.0 Å². The molecule has 1 aliphatic heterocycles. The van der Waals surface area contributed by atoms with Gasteiger partial charge in [0.2, 0.25) is 0 Å². The van der Waals surface area contributed by atoms with Gasteiger partial charge in [-0.15, -0.1) is 0 Å². The Morgan fingerprint density at radius 2 is 1.60 bits per heavy atom. The monoisotopic (exact) mass is 400 g/mol. The molecule has 0 saturated heterocycles. The van der Waals surface area contributed by atoms with E-state index in [0.717, 1.165) is 16.8 Å². The van der Waals surface area contributed by atoms with Crippen LogP contribution in [-0.4, -0.2) is 23.3 Å². The van der Waals surface area contributed by atoms with Gasteiger partial charge in [-0.3, -0.25) is 14.5 Å². The van der Waals surface area contributed by atoms with Gasteiger partial charge in [0.05, 0.1) is 5.57 Å². The largest absolute Gasteiger partial charge is 0.350 e. The average Bonchev–Trinajstić information content (AvgIpc) is 2.98. The smallest absolute Gasteiger partial charge is 0.278 e. The first kappa shape index (κ1) is 19.6. The first-order valence-corrected chi connectivity index (χ1v) is 9.77. The fourth-order valence-electron chi connectivity index (χ4n) is 3.53. The highest BCUT2D eigenvalue weighted by molar-refractivity contribution is 6.36. The van der Waals surface area contributed by atoms with Gasteiger partial charge in [0, 0.05) is 12.2 Å². The van der Waals surface area contributed by atoms with E-state index in [4.69, 9.17) is 0 Å². The Balaban J connectivity index is 1.64. The number of benzene rings is 3. The minimum atomic E-state index is -0.359. The molecule has 1 heterocycles. The van der Waals surface area contributed by atoms with Gasteiger partial charge in [0.15, 0.2) is 0 Å². The minimum absolute atomic E-state index is 0.221. The fraction of sp³-hybridized carbons (Fsp3) is 0.120. The van der Waals surface area contributed by atoms with Crippen molar-refractivity contribution in [2.45, 2.75) is 13.3 Å². The van der Waals surface area contributed by atoms with Crippen LogP contribution in [0.1, 0.15) is 16.7 Å². The summed E-state index contributed by atoms with van der Waals surface area (Å²) in [6.07, 6.45) is 0.456. The van der Waals surface area contributed by atoms with Gasteiger partial charge in [-0.05, 0) is 54.3 Å². The molecule has 3 aromatic rings. The molecule has 1 N–H and O–H groups in total. The molecule has 0 saturated carbocycles. The van der Waals surface area contributed by atoms with Crippen LogP contribution in [0.25, 0.3) is 5.57 Å². The molecule has 150 valence electrons. The third-order valence-electron chi connectivity index (χ3n) is 5.06. The molecule has 2 amide bonds. The van der Waals surface area contributed by atoms with E-state index in [2.05, 4.69) is 5.32 Å². The fourth-order valence-corrected chi connectivity index (χ4v) is 3.53. The third-order valence-corrected chi connectivity index (χ3v) is 5.06. The molecule has 0 unspecified atom stereocenters. The topological polar surface area (TPSA) is 49.4 Å². The summed E-state index contributed by atoms with van der Waals surface area (Å²) in [7, 11) is 0. The maximum absolute atomic E-state index is 13.2. The Labute approximate surface area is 174 Å². The predicted molar refractivity (Wildman–Crippen MR) is 115 cm³/mol. The number of halogens is 1. The molecular formula is C25H21FN2O2. The van der Waals surface area contributed by atoms with Crippen LogP contribution in [0.5, 0.6) is 0 Å². The summed E-state index contributed by atoms with van der Waals surface area (Å²) >= 11 is 0. The lowest BCUT2D eigenvalue weighted by Crippen LogP contribution is -2.34. The highest BCUT2D eigenvalue weighted by atomic mass is 19.1. The first-order chi connectivity index (χ1) is 14.5. The van der Waals surface area contributed by atoms with E-state index in [-0.39, 0.29) is 29.9 Å². The van der Waals surface area contributed by atoms with Gasteiger partial charge < -0.3 is 5.32 Å². The zero-order valence-corrected chi connectivity index (χ0v) is 16.6. The van der Waals surface area contributed by atoms with E-state index in [0.29, 0.717) is 17.6 Å². The van der Waals surface area contributed by atoms with E-state index >= 15 is 0 Å². The maximum atomic E-state index is 13.2. The summed E-state index contributed by atoms with van der Waals surface area (Å²) in [6.45, 7) is 2.19. The highest BCUT2D eigenvalue weighted by Gasteiger charge is 2.38. The number of imide groups is 1. The van der Waals surface area contributed by atoms with Gasteiger partial charge in [-0.1, -0.05) is 54.6 Å². The molecule has 3 aromatic carbocycles. The van der Waals surface area contributed by atoms with Crippen LogP contribution in [0.4, 0.5) is 10.1 Å². The number of hydrogen-bond donors (Lipinski definition) is 1. The molecule has 0 aromatic heterocycles. The quantitative estimate of drug-likeness (QED) is 0.617. The van der Waals surface area contributed by atoms with Crippen LogP contribution in [0.15, 0.2) is 84.6 Å². The van der Waals surface area contributed by atoms with Crippen LogP contribution in [0, 0.1) is 12.7 Å². The zero-order valence-electron chi connectivity index (χ0n) is 16.6. The van der Waals surface area contributed by atoms with Crippen molar-refractivity contribution in [2.75, 3.05) is 11.9 Å². The van der Waals surface area contributed by atoms with Crippen molar-refractivity contribution in [2.24, 2.45) is 0 Å². The predicted octanol–water partition coefficient (Wildman–Crippen LogP) is 4.57. The number of anilines is 1. The van der Waals surface area contributed by atoms with E-state index in [1.807, 2.05) is 61.5 Å². The van der Waals surface area contributed by atoms with Crippen LogP contribution in [0.2, 0.25) is 0 Å². The second kappa shape index (κ2) is 8.33. The number of nitrogens with one attached hydrogen (secondary N) is 1. The van der Waals surface area contributed by atoms with Crippen molar-refractivity contribution in [3.8, 4) is 0 Å². The van der Waals surface area contributed by atoms with Crippen molar-refractivity contribution in [1.29, 1.82) is 0 Å². The SMILES string of the molecule is Cc1cccc(NC2=C(c3ccccc3)C(=O)N(CCc3ccc(F)cc3)C2=O)c1. The van der Waals surface area contributed by atoms with Crippen LogP contribution in [0.3, 0.4) is 0 Å². The molecule has 0 atom stereocenters. The third kappa shape index (κ3) is 4.01. The highest BCUT2D eigenvalue weighted by Crippen LogP contribution is 2.30. The maximum Gasteiger partial charge on any atom is 0.278 e. The molecule has 5 heteroatoms. The lowest BCUT2D eigenvalue weighted by Gasteiger charge is -2.15. The summed E-state index contributed by atoms with van der Waals surface area (Å²) in [6, 6.07) is 22.9. The molecule has 0 bridgehead atoms. The van der Waals surface area contributed by atoms with Gasteiger partial charge in [0.1, 0.15) is 11.5 Å². The Morgan fingerprint density at radius 3 is 2.30 bits per heavy atom. The second-order valence-electron chi connectivity index (χ2n) is 7.25. The molecule has 0 aliphatic carbocycles. The summed E-state index contributed by atoms with van der Waals surface area (Å²) in [5.41, 5.74) is 3.98. The van der Waals surface area contributed by atoms with E-state index in [1.165, 1.54) is 17.0 Å². The van der Waals surface area contributed by atoms with E-state index < -0.39 is 0 Å². The van der Waals surface area contributed by atoms with Gasteiger partial charge in [-0.25, -0.2) is 4.39 Å². The number of amides is 2. The summed E-state index contributed by atoms with van der Waals surface area (Å²) in [5.74, 6) is -1.00. The van der Waals surface area contributed by atoms with Gasteiger partial charge in [0.25, 0.3) is 11.8 Å². The number of aryl methyl sites for hydroxylation is 1. The molecule has 30 heavy (non-hydrogen) atoms. The Bertz CT molecular complexity index is 1120. The van der Waals surface area contributed by atoms with Crippen LogP contribution >= 0.6 is 0 Å². The number of nitrogens with zero attached hydrogens (tertiary/aromatic N) is 1. The summed E-state index contributed by atoms with van der Waals surface area (Å²) in [5, 5.41) is 3.16. The normalized spacial score (nSPS) is 13.9. The number of hydrogen-bond acceptors (Lipinski definition) is 3. The summed E-state index contributed by atoms with van der Waals surface area (Å²) < 4.78 is 13.1. The lowest BCUT2D eigenvalue weighted by molar-refractivity contribution is -0.136. The van der Waals surface area contributed by atoms with Crippen LogP contribution in [-0.2, 0) is 16.0 Å². The lowest BCUT2D eigenvalue weighted by atomic mass is 10.0. The average molecular weight is 400 g/mol. The van der Waals surface area contributed by atoms with Crippen molar-refractivity contribution in [1.82, 2.24) is 4.90 Å². The van der Waals surface area contributed by atoms with Crippen LogP contribution < -0.4 is 5.32 Å². The molecular weight excluding hydrogens is 379 g/mol. The number of rotatable bonds is 6. The molecule has 4 rings (SSSR count). The summed E-state index contributed by atoms with van der Waals surface area (Å²) in [4.78, 5) is 27.6. The molecule has 4 nitrogen and oxygen atoms in total. The van der Waals surface area contributed by atoms with Gasteiger partial charge in [-0.2, -0.15) is 0 Å². The Morgan fingerprint density at radius 1 is 0.867 bits per heavy atom. The molecule has 0 fully saturated rings. The standard InChI is InChI=1S/C25H21FN2O2/c1-17-6-5-9-21(16-17)27-23-22(19-7-3-2-4-8-19)24(29)28(25(23)30)15-14-18-10-12-20(26)13-11-18/h2-13,16,27H,14-15H2,1H3. The number of carbonyl (C=O) groups is 2. The van der Waals surface area contributed by atoms with E-state index in [1.54, 1.807) is 12.1 Å².